The van der Waals surface area contributed by atoms with Crippen molar-refractivity contribution in [3.63, 3.8) is 0 Å². The number of hydrogen-bond donors (Lipinski definition) is 2. The van der Waals surface area contributed by atoms with Crippen molar-refractivity contribution in [2.45, 2.75) is 39.3 Å². The average molecular weight is 411 g/mol. The molecule has 0 bridgehead atoms. The third-order valence-electron chi connectivity index (χ3n) is 4.34. The first kappa shape index (κ1) is 19.6. The molecule has 1 aromatic carbocycles. The topological polar surface area (TPSA) is 66.0 Å². The zero-order valence-corrected chi connectivity index (χ0v) is 16.7. The summed E-state index contributed by atoms with van der Waals surface area (Å²) in [7, 11) is 1.78. The number of nitrogens with one attached hydrogen (secondary N) is 2. The quantitative estimate of drug-likeness (QED) is 0.591. The fourth-order valence-corrected chi connectivity index (χ4v) is 3.32. The van der Waals surface area contributed by atoms with E-state index in [1.54, 1.807) is 11.9 Å². The van der Waals surface area contributed by atoms with Crippen LogP contribution < -0.4 is 10.6 Å². The van der Waals surface area contributed by atoms with Crippen molar-refractivity contribution < 1.29 is 9.53 Å². The maximum absolute atomic E-state index is 11.7. The van der Waals surface area contributed by atoms with Gasteiger partial charge in [-0.3, -0.25) is 4.99 Å². The summed E-state index contributed by atoms with van der Waals surface area (Å²) in [5, 5.41) is 6.81. The van der Waals surface area contributed by atoms with Crippen LogP contribution in [0.3, 0.4) is 0 Å². The fourth-order valence-electron chi connectivity index (χ4n) is 2.85. The minimum atomic E-state index is -0.214. The number of halogens is 1. The number of likely N-dealkylation sites (tertiary alicyclic amines) is 1. The first-order valence-corrected chi connectivity index (χ1v) is 9.46. The Morgan fingerprint density at radius 3 is 2.72 bits per heavy atom. The molecule has 1 aromatic rings. The molecule has 0 aliphatic carbocycles. The lowest BCUT2D eigenvalue weighted by atomic mass is 10.1. The second-order valence-electron chi connectivity index (χ2n) is 6.10. The zero-order valence-electron chi connectivity index (χ0n) is 15.1. The molecule has 1 saturated heterocycles. The number of rotatable bonds is 4. The Balaban J connectivity index is 1.80. The molecule has 1 aliphatic heterocycles. The van der Waals surface area contributed by atoms with E-state index in [1.807, 2.05) is 13.0 Å². The summed E-state index contributed by atoms with van der Waals surface area (Å²) in [4.78, 5) is 17.8. The van der Waals surface area contributed by atoms with Crippen LogP contribution in [0.1, 0.15) is 30.9 Å². The number of carbonyl (C=O) groups excluding carboxylic acids is 1. The molecule has 1 heterocycles. The molecule has 0 atom stereocenters. The molecule has 138 valence electrons. The highest BCUT2D eigenvalue weighted by Gasteiger charge is 2.24. The first-order chi connectivity index (χ1) is 12.0. The Hall–Kier alpha value is -1.76. The fraction of sp³-hybridized carbons (Fsp3) is 0.556. The van der Waals surface area contributed by atoms with Gasteiger partial charge in [-0.1, -0.05) is 22.0 Å². The van der Waals surface area contributed by atoms with Gasteiger partial charge in [0, 0.05) is 37.2 Å². The number of nitrogens with zero attached hydrogens (tertiary/aromatic N) is 2. The Kier molecular flexibility index (Phi) is 7.55. The average Bonchev–Trinajstić information content (AvgIpc) is 2.60. The number of benzene rings is 1. The number of ether oxygens (including phenoxy) is 1. The minimum absolute atomic E-state index is 0.214. The number of guanidine groups is 1. The maximum Gasteiger partial charge on any atom is 0.409 e. The van der Waals surface area contributed by atoms with Gasteiger partial charge in [0.25, 0.3) is 0 Å². The molecule has 2 N–H and O–H groups in total. The molecular weight excluding hydrogens is 384 g/mol. The van der Waals surface area contributed by atoms with Gasteiger partial charge in [-0.2, -0.15) is 0 Å². The van der Waals surface area contributed by atoms with Crippen LogP contribution in [0.15, 0.2) is 27.7 Å². The van der Waals surface area contributed by atoms with Crippen LogP contribution in [-0.4, -0.2) is 49.7 Å². The predicted octanol–water partition coefficient (Wildman–Crippen LogP) is 3.04. The van der Waals surface area contributed by atoms with E-state index in [-0.39, 0.29) is 6.09 Å². The van der Waals surface area contributed by atoms with Gasteiger partial charge < -0.3 is 20.3 Å². The van der Waals surface area contributed by atoms with E-state index < -0.39 is 0 Å². The van der Waals surface area contributed by atoms with Crippen molar-refractivity contribution in [3.05, 3.63) is 33.8 Å². The molecule has 0 unspecified atom stereocenters. The Morgan fingerprint density at radius 1 is 1.40 bits per heavy atom. The number of carbonyl (C=O) groups is 1. The number of aliphatic imine (C=N–C) groups is 1. The molecule has 25 heavy (non-hydrogen) atoms. The van der Waals surface area contributed by atoms with Crippen LogP contribution in [0, 0.1) is 6.92 Å². The molecule has 7 heteroatoms. The van der Waals surface area contributed by atoms with E-state index in [0.29, 0.717) is 25.7 Å². The van der Waals surface area contributed by atoms with Crippen molar-refractivity contribution in [1.29, 1.82) is 0 Å². The van der Waals surface area contributed by atoms with E-state index in [4.69, 9.17) is 4.74 Å². The van der Waals surface area contributed by atoms with Crippen LogP contribution in [0.5, 0.6) is 0 Å². The molecule has 1 fully saturated rings. The summed E-state index contributed by atoms with van der Waals surface area (Å²) in [6, 6.07) is 6.57. The van der Waals surface area contributed by atoms with Gasteiger partial charge in [-0.15, -0.1) is 0 Å². The number of piperidine rings is 1. The summed E-state index contributed by atoms with van der Waals surface area (Å²) in [6.07, 6.45) is 1.56. The highest BCUT2D eigenvalue weighted by molar-refractivity contribution is 9.10. The lowest BCUT2D eigenvalue weighted by molar-refractivity contribution is 0.0963. The highest BCUT2D eigenvalue weighted by atomic mass is 79.9. The summed E-state index contributed by atoms with van der Waals surface area (Å²) in [5.41, 5.74) is 2.48. The molecule has 1 aliphatic rings. The van der Waals surface area contributed by atoms with Gasteiger partial charge in [-0.05, 0) is 49.9 Å². The van der Waals surface area contributed by atoms with E-state index in [0.717, 1.165) is 29.8 Å². The van der Waals surface area contributed by atoms with Gasteiger partial charge in [0.2, 0.25) is 0 Å². The van der Waals surface area contributed by atoms with Crippen LogP contribution in [0.25, 0.3) is 0 Å². The maximum atomic E-state index is 11.7. The Labute approximate surface area is 158 Å². The van der Waals surface area contributed by atoms with Gasteiger partial charge in [-0.25, -0.2) is 4.79 Å². The van der Waals surface area contributed by atoms with Crippen molar-refractivity contribution in [2.75, 3.05) is 26.7 Å². The smallest absolute Gasteiger partial charge is 0.409 e. The Bertz CT molecular complexity index is 613. The second-order valence-corrected chi connectivity index (χ2v) is 7.02. The van der Waals surface area contributed by atoms with E-state index in [2.05, 4.69) is 50.6 Å². The number of amides is 1. The molecule has 2 rings (SSSR count). The van der Waals surface area contributed by atoms with E-state index >= 15 is 0 Å². The summed E-state index contributed by atoms with van der Waals surface area (Å²) in [6.45, 7) is 6.49. The van der Waals surface area contributed by atoms with Crippen LogP contribution >= 0.6 is 15.9 Å². The Morgan fingerprint density at radius 2 is 2.12 bits per heavy atom. The molecule has 0 aromatic heterocycles. The third kappa shape index (κ3) is 5.92. The molecule has 1 amide bonds. The normalized spacial score (nSPS) is 15.8. The SMILES string of the molecule is CCOC(=O)N1CCC(NC(=NC)NCc2ccc(Br)cc2C)CC1. The van der Waals surface area contributed by atoms with Crippen LogP contribution in [0.4, 0.5) is 4.79 Å². The summed E-state index contributed by atoms with van der Waals surface area (Å²) < 4.78 is 6.14. The molecular formula is C18H27BrN4O2. The van der Waals surface area contributed by atoms with E-state index in [1.165, 1.54) is 11.1 Å². The van der Waals surface area contributed by atoms with Crippen molar-refractivity contribution in [3.8, 4) is 0 Å². The summed E-state index contributed by atoms with van der Waals surface area (Å²) >= 11 is 3.49. The lowest BCUT2D eigenvalue weighted by Crippen LogP contribution is -2.49. The lowest BCUT2D eigenvalue weighted by Gasteiger charge is -2.32. The standard InChI is InChI=1S/C18H27BrN4O2/c1-4-25-18(24)23-9-7-16(8-10-23)22-17(20-3)21-12-14-5-6-15(19)11-13(14)2/h5-6,11,16H,4,7-10,12H2,1-3H3,(H2,20,21,22). The van der Waals surface area contributed by atoms with Crippen LogP contribution in [0.2, 0.25) is 0 Å². The van der Waals surface area contributed by atoms with Gasteiger partial charge >= 0.3 is 6.09 Å². The molecule has 6 nitrogen and oxygen atoms in total. The third-order valence-corrected chi connectivity index (χ3v) is 4.83. The minimum Gasteiger partial charge on any atom is -0.450 e. The first-order valence-electron chi connectivity index (χ1n) is 8.67. The van der Waals surface area contributed by atoms with Gasteiger partial charge in [0.05, 0.1) is 6.61 Å². The molecule has 0 radical (unpaired) electrons. The summed E-state index contributed by atoms with van der Waals surface area (Å²) in [5.74, 6) is 0.789. The number of aryl methyl sites for hydroxylation is 1. The van der Waals surface area contributed by atoms with Gasteiger partial charge in [0.1, 0.15) is 0 Å². The van der Waals surface area contributed by atoms with E-state index in [9.17, 15) is 4.79 Å². The van der Waals surface area contributed by atoms with Crippen LogP contribution in [-0.2, 0) is 11.3 Å². The zero-order chi connectivity index (χ0) is 18.2. The molecule has 0 spiro atoms. The van der Waals surface area contributed by atoms with Gasteiger partial charge in [0.15, 0.2) is 5.96 Å². The number of hydrogen-bond acceptors (Lipinski definition) is 3. The predicted molar refractivity (Wildman–Crippen MR) is 104 cm³/mol. The monoisotopic (exact) mass is 410 g/mol. The second kappa shape index (κ2) is 9.65. The largest absolute Gasteiger partial charge is 0.450 e. The highest BCUT2D eigenvalue weighted by Crippen LogP contribution is 2.16. The molecule has 0 saturated carbocycles. The van der Waals surface area contributed by atoms with Crippen molar-refractivity contribution in [2.24, 2.45) is 4.99 Å². The van der Waals surface area contributed by atoms with Crippen molar-refractivity contribution in [1.82, 2.24) is 15.5 Å². The van der Waals surface area contributed by atoms with Crippen molar-refractivity contribution >= 4 is 28.0 Å².